The molecule has 0 unspecified atom stereocenters. The zero-order valence-electron chi connectivity index (χ0n) is 13.0. The van der Waals surface area contributed by atoms with Gasteiger partial charge in [-0.3, -0.25) is 10.1 Å². The zero-order valence-corrected chi connectivity index (χ0v) is 13.7. The van der Waals surface area contributed by atoms with E-state index in [9.17, 15) is 14.9 Å². The highest BCUT2D eigenvalue weighted by Gasteiger charge is 2.16. The molecule has 0 saturated carbocycles. The van der Waals surface area contributed by atoms with Gasteiger partial charge in [-0.2, -0.15) is 0 Å². The van der Waals surface area contributed by atoms with Crippen LogP contribution in [0.1, 0.15) is 32.8 Å². The first-order valence-electron chi connectivity index (χ1n) is 6.66. The molecule has 0 fully saturated rings. The molecule has 0 bridgehead atoms. The number of hydrogen-bond donors (Lipinski definition) is 2. The summed E-state index contributed by atoms with van der Waals surface area (Å²) in [4.78, 5) is 25.2. The number of nitrogens with two attached hydrogens (primary N) is 1. The number of nitrogens with zero attached hydrogens (tertiary/aromatic N) is 2. The molecule has 3 N–H and O–H groups in total. The highest BCUT2D eigenvalue weighted by molar-refractivity contribution is 6.30. The normalized spacial score (nSPS) is 10.4. The molecule has 1 aromatic heterocycles. The number of carbonyl (C=O) groups is 1. The Morgan fingerprint density at radius 2 is 2.22 bits per heavy atom. The van der Waals surface area contributed by atoms with E-state index >= 15 is 0 Å². The smallest absolute Gasteiger partial charge is 0.407 e. The molecule has 1 rings (SSSR count). The van der Waals surface area contributed by atoms with Crippen molar-refractivity contribution in [3.63, 3.8) is 0 Å². The van der Waals surface area contributed by atoms with Crippen LogP contribution < -0.4 is 11.1 Å². The van der Waals surface area contributed by atoms with E-state index in [0.717, 1.165) is 0 Å². The van der Waals surface area contributed by atoms with Crippen molar-refractivity contribution in [3.8, 4) is 11.8 Å². The second kappa shape index (κ2) is 7.65. The molecule has 1 aromatic rings. The summed E-state index contributed by atoms with van der Waals surface area (Å²) in [6.45, 7) is 5.55. The van der Waals surface area contributed by atoms with Crippen LogP contribution in [-0.4, -0.2) is 28.1 Å². The van der Waals surface area contributed by atoms with Gasteiger partial charge in [0, 0.05) is 19.0 Å². The Bertz CT molecular complexity index is 674. The third kappa shape index (κ3) is 6.40. The lowest BCUT2D eigenvalue weighted by Gasteiger charge is -2.19. The number of nitrogens with one attached hydrogen (secondary N) is 1. The molecule has 8 nitrogen and oxygen atoms in total. The number of rotatable bonds is 3. The van der Waals surface area contributed by atoms with E-state index in [-0.39, 0.29) is 28.8 Å². The topological polar surface area (TPSA) is 120 Å². The number of ether oxygens (including phenoxy) is 1. The Hall–Kier alpha value is -2.53. The van der Waals surface area contributed by atoms with Crippen LogP contribution in [0.5, 0.6) is 0 Å². The zero-order chi connectivity index (χ0) is 17.6. The number of alkyl carbamates (subject to hydrolysis) is 1. The number of anilines is 1. The van der Waals surface area contributed by atoms with Crippen molar-refractivity contribution in [1.29, 1.82) is 0 Å². The van der Waals surface area contributed by atoms with Crippen molar-refractivity contribution in [3.05, 3.63) is 26.9 Å². The minimum Gasteiger partial charge on any atom is -0.444 e. The first-order chi connectivity index (χ1) is 10.6. The standard InChI is InChI=1S/C14H17ClN4O4/c1-14(2,3)23-13(20)17-7-5-4-6-9-8-10(19(21)22)12(16)18-11(9)15/h8H,5,7H2,1-3H3,(H2,16,18)(H,17,20). The number of carbonyl (C=O) groups excluding carboxylic acids is 1. The number of halogens is 1. The first kappa shape index (κ1) is 18.5. The van der Waals surface area contributed by atoms with E-state index in [1.54, 1.807) is 20.8 Å². The van der Waals surface area contributed by atoms with Crippen LogP contribution in [0.2, 0.25) is 5.15 Å². The summed E-state index contributed by atoms with van der Waals surface area (Å²) in [5.41, 5.74) is 4.68. The molecule has 9 heteroatoms. The SMILES string of the molecule is CC(C)(C)OC(=O)NCCC#Cc1cc([N+](=O)[O-])c(N)nc1Cl. The maximum Gasteiger partial charge on any atom is 0.407 e. The lowest BCUT2D eigenvalue weighted by atomic mass is 10.2. The van der Waals surface area contributed by atoms with Crippen molar-refractivity contribution in [2.24, 2.45) is 0 Å². The van der Waals surface area contributed by atoms with Crippen LogP contribution in [0, 0.1) is 22.0 Å². The average Bonchev–Trinajstić information content (AvgIpc) is 2.38. The van der Waals surface area contributed by atoms with Crippen LogP contribution in [0.4, 0.5) is 16.3 Å². The summed E-state index contributed by atoms with van der Waals surface area (Å²) in [5, 5.41) is 13.3. The fraction of sp³-hybridized carbons (Fsp3) is 0.429. The molecule has 1 heterocycles. The lowest BCUT2D eigenvalue weighted by Crippen LogP contribution is -2.32. The quantitative estimate of drug-likeness (QED) is 0.287. The highest BCUT2D eigenvalue weighted by Crippen LogP contribution is 2.24. The predicted octanol–water partition coefficient (Wildman–Crippen LogP) is 2.49. The maximum atomic E-state index is 11.4. The third-order valence-electron chi connectivity index (χ3n) is 2.32. The van der Waals surface area contributed by atoms with E-state index in [0.29, 0.717) is 6.42 Å². The van der Waals surface area contributed by atoms with E-state index in [2.05, 4.69) is 22.1 Å². The molecule has 0 aromatic carbocycles. The molecular weight excluding hydrogens is 324 g/mol. The predicted molar refractivity (Wildman–Crippen MR) is 86.0 cm³/mol. The van der Waals surface area contributed by atoms with E-state index in [1.165, 1.54) is 6.07 Å². The van der Waals surface area contributed by atoms with Gasteiger partial charge >= 0.3 is 11.8 Å². The summed E-state index contributed by atoms with van der Waals surface area (Å²) >= 11 is 5.84. The van der Waals surface area contributed by atoms with Crippen LogP contribution in [0.15, 0.2) is 6.07 Å². The first-order valence-corrected chi connectivity index (χ1v) is 7.04. The molecule has 1 amide bonds. The molecule has 124 valence electrons. The van der Waals surface area contributed by atoms with Gasteiger partial charge < -0.3 is 15.8 Å². The number of nitrogen functional groups attached to an aromatic ring is 1. The molecule has 23 heavy (non-hydrogen) atoms. The van der Waals surface area contributed by atoms with Crippen molar-refractivity contribution in [1.82, 2.24) is 10.3 Å². The molecule has 0 atom stereocenters. The van der Waals surface area contributed by atoms with Crippen LogP contribution in [0.3, 0.4) is 0 Å². The molecule has 0 spiro atoms. The summed E-state index contributed by atoms with van der Waals surface area (Å²) in [6, 6.07) is 1.17. The van der Waals surface area contributed by atoms with E-state index in [1.807, 2.05) is 0 Å². The number of hydrogen-bond acceptors (Lipinski definition) is 6. The van der Waals surface area contributed by atoms with Crippen LogP contribution in [-0.2, 0) is 4.74 Å². The van der Waals surface area contributed by atoms with Gasteiger partial charge in [-0.1, -0.05) is 23.4 Å². The molecule has 0 saturated heterocycles. The Labute approximate surface area is 138 Å². The minimum absolute atomic E-state index is 0.0132. The largest absolute Gasteiger partial charge is 0.444 e. The number of nitro groups is 1. The van der Waals surface area contributed by atoms with Crippen molar-refractivity contribution in [2.75, 3.05) is 12.3 Å². The highest BCUT2D eigenvalue weighted by atomic mass is 35.5. The van der Waals surface area contributed by atoms with E-state index in [4.69, 9.17) is 22.1 Å². The van der Waals surface area contributed by atoms with Gasteiger partial charge in [-0.15, -0.1) is 0 Å². The average molecular weight is 341 g/mol. The fourth-order valence-electron chi connectivity index (χ4n) is 1.43. The molecular formula is C14H17ClN4O4. The van der Waals surface area contributed by atoms with Crippen LogP contribution >= 0.6 is 11.6 Å². The number of pyridine rings is 1. The second-order valence-corrected chi connectivity index (χ2v) is 5.83. The number of amides is 1. The fourth-order valence-corrected chi connectivity index (χ4v) is 1.62. The molecule has 0 aliphatic rings. The Morgan fingerprint density at radius 3 is 2.78 bits per heavy atom. The monoisotopic (exact) mass is 340 g/mol. The van der Waals surface area contributed by atoms with Gasteiger partial charge in [-0.25, -0.2) is 9.78 Å². The maximum absolute atomic E-state index is 11.4. The summed E-state index contributed by atoms with van der Waals surface area (Å²) in [7, 11) is 0. The molecule has 0 radical (unpaired) electrons. The van der Waals surface area contributed by atoms with Gasteiger partial charge in [0.25, 0.3) is 0 Å². The van der Waals surface area contributed by atoms with Gasteiger partial charge in [0.1, 0.15) is 10.8 Å². The second-order valence-electron chi connectivity index (χ2n) is 5.47. The van der Waals surface area contributed by atoms with Crippen LogP contribution in [0.25, 0.3) is 0 Å². The Kier molecular flexibility index (Phi) is 6.16. The Morgan fingerprint density at radius 1 is 1.57 bits per heavy atom. The summed E-state index contributed by atoms with van der Waals surface area (Å²) < 4.78 is 5.06. The van der Waals surface area contributed by atoms with Gasteiger partial charge in [0.05, 0.1) is 10.5 Å². The van der Waals surface area contributed by atoms with Crippen molar-refractivity contribution in [2.45, 2.75) is 32.8 Å². The molecule has 0 aliphatic carbocycles. The molecule has 0 aliphatic heterocycles. The summed E-state index contributed by atoms with van der Waals surface area (Å²) in [6.07, 6.45) is -0.226. The van der Waals surface area contributed by atoms with E-state index < -0.39 is 16.6 Å². The Balaban J connectivity index is 2.62. The lowest BCUT2D eigenvalue weighted by molar-refractivity contribution is -0.384. The number of aromatic nitrogens is 1. The van der Waals surface area contributed by atoms with Crippen molar-refractivity contribution >= 4 is 29.2 Å². The summed E-state index contributed by atoms with van der Waals surface area (Å²) in [5.74, 6) is 5.13. The van der Waals surface area contributed by atoms with Gasteiger partial charge in [0.15, 0.2) is 0 Å². The van der Waals surface area contributed by atoms with Gasteiger partial charge in [-0.05, 0) is 20.8 Å². The minimum atomic E-state index is -0.659. The van der Waals surface area contributed by atoms with Crippen molar-refractivity contribution < 1.29 is 14.5 Å². The van der Waals surface area contributed by atoms with Gasteiger partial charge in [0.2, 0.25) is 5.82 Å². The third-order valence-corrected chi connectivity index (χ3v) is 2.61.